The Labute approximate surface area is 264 Å². The molecule has 4 rings (SSSR count). The molecule has 2 aromatic rings. The number of hydrogen-bond donors (Lipinski definition) is 3. The minimum atomic E-state index is -4.94. The number of nitrogens with zero attached hydrogens (tertiary/aromatic N) is 1. The zero-order valence-electron chi connectivity index (χ0n) is 23.9. The van der Waals surface area contributed by atoms with Crippen LogP contribution < -0.4 is 10.7 Å². The Morgan fingerprint density at radius 3 is 2.44 bits per heavy atom. The molecule has 0 aromatic heterocycles. The van der Waals surface area contributed by atoms with Crippen molar-refractivity contribution in [2.45, 2.75) is 31.6 Å². The topological polar surface area (TPSA) is 217 Å². The molecule has 14 nitrogen and oxygen atoms in total. The number of carboxylic acid groups (broad SMARTS) is 1. The lowest BCUT2D eigenvalue weighted by Crippen LogP contribution is -2.12. The van der Waals surface area contributed by atoms with Crippen LogP contribution in [0.3, 0.4) is 0 Å². The lowest BCUT2D eigenvalue weighted by Gasteiger charge is -2.20. The van der Waals surface area contributed by atoms with Gasteiger partial charge < -0.3 is 23.9 Å². The number of benzene rings is 3. The van der Waals surface area contributed by atoms with E-state index < -0.39 is 36.9 Å². The number of thiol groups is 1. The first-order valence-electron chi connectivity index (χ1n) is 13.3. The van der Waals surface area contributed by atoms with Gasteiger partial charge in [0.2, 0.25) is 0 Å². The van der Waals surface area contributed by atoms with E-state index in [9.17, 15) is 35.8 Å². The van der Waals surface area contributed by atoms with E-state index in [2.05, 4.69) is 32.6 Å². The maximum Gasteiger partial charge on any atom is 0.336 e. The summed E-state index contributed by atoms with van der Waals surface area (Å²) in [5.41, 5.74) is 2.66. The largest absolute Gasteiger partial charge is 0.748 e. The Bertz CT molecular complexity index is 1990. The molecular weight excluding hydrogens is 653 g/mol. The molecule has 0 saturated carbocycles. The quantitative estimate of drug-likeness (QED) is 0.0329. The van der Waals surface area contributed by atoms with E-state index in [4.69, 9.17) is 9.30 Å². The highest BCUT2D eigenvalue weighted by Gasteiger charge is 2.24. The van der Waals surface area contributed by atoms with E-state index >= 15 is 0 Å². The monoisotopic (exact) mass is 680 g/mol. The SMILES string of the molecule is Cc1cc2c(-c3cc(S(=O)(=O)[O-])ccc3C(=O)O)c3cc(C)c(=NCCCOOOS)cc-3oc2cc1NCCCS(=O)(=O)[O-]. The zero-order chi connectivity index (χ0) is 32.9. The number of aryl methyl sites for hydroxylation is 2. The Morgan fingerprint density at radius 2 is 1.78 bits per heavy atom. The average Bonchev–Trinajstić information content (AvgIpc) is 2.95. The molecule has 0 amide bonds. The number of anilines is 1. The number of rotatable bonds is 14. The predicted octanol–water partition coefficient (Wildman–Crippen LogP) is 3.79. The van der Waals surface area contributed by atoms with Gasteiger partial charge in [-0.1, -0.05) is 5.04 Å². The molecule has 1 heterocycles. The van der Waals surface area contributed by atoms with Crippen LogP contribution in [-0.2, 0) is 34.5 Å². The Kier molecular flexibility index (Phi) is 10.9. The van der Waals surface area contributed by atoms with Crippen LogP contribution in [0.4, 0.5) is 5.69 Å². The van der Waals surface area contributed by atoms with Crippen molar-refractivity contribution >= 4 is 55.8 Å². The van der Waals surface area contributed by atoms with Gasteiger partial charge >= 0.3 is 5.97 Å². The van der Waals surface area contributed by atoms with Gasteiger partial charge in [-0.3, -0.25) is 4.99 Å². The van der Waals surface area contributed by atoms with Gasteiger partial charge in [0.15, 0.2) is 0 Å². The fourth-order valence-electron chi connectivity index (χ4n) is 4.76. The maximum absolute atomic E-state index is 12.3. The van der Waals surface area contributed by atoms with Gasteiger partial charge in [0.05, 0.1) is 32.5 Å². The minimum Gasteiger partial charge on any atom is -0.748 e. The van der Waals surface area contributed by atoms with Crippen molar-refractivity contribution in [3.63, 3.8) is 0 Å². The van der Waals surface area contributed by atoms with E-state index in [0.29, 0.717) is 51.7 Å². The zero-order valence-corrected chi connectivity index (χ0v) is 26.5. The number of hydrogen-bond acceptors (Lipinski definition) is 14. The fourth-order valence-corrected chi connectivity index (χ4v) is 5.80. The van der Waals surface area contributed by atoms with Crippen LogP contribution in [0.5, 0.6) is 0 Å². The molecule has 1 aliphatic heterocycles. The van der Waals surface area contributed by atoms with Crippen LogP contribution in [0, 0.1) is 13.8 Å². The van der Waals surface area contributed by atoms with Gasteiger partial charge in [0.25, 0.3) is 0 Å². The molecule has 0 radical (unpaired) electrons. The molecule has 0 unspecified atom stereocenters. The van der Waals surface area contributed by atoms with E-state index in [1.165, 1.54) is 0 Å². The third kappa shape index (κ3) is 8.59. The van der Waals surface area contributed by atoms with Crippen LogP contribution in [0.2, 0.25) is 0 Å². The Balaban J connectivity index is 1.95. The van der Waals surface area contributed by atoms with Crippen LogP contribution >= 0.6 is 12.9 Å². The van der Waals surface area contributed by atoms with Crippen molar-refractivity contribution in [2.75, 3.05) is 30.8 Å². The van der Waals surface area contributed by atoms with Crippen LogP contribution in [-0.4, -0.2) is 62.5 Å². The number of carboxylic acids is 1. The summed E-state index contributed by atoms with van der Waals surface area (Å²) >= 11 is 3.39. The predicted molar refractivity (Wildman–Crippen MR) is 162 cm³/mol. The Hall–Kier alpha value is -3.55. The van der Waals surface area contributed by atoms with Gasteiger partial charge in [0, 0.05) is 66.1 Å². The number of nitrogens with one attached hydrogen (secondary N) is 1. The second kappa shape index (κ2) is 14.3. The molecule has 2 N–H and O–H groups in total. The highest BCUT2D eigenvalue weighted by Crippen LogP contribution is 2.43. The number of fused-ring (bicyclic) bond motifs is 2. The highest BCUT2D eigenvalue weighted by atomic mass is 32.2. The van der Waals surface area contributed by atoms with Crippen LogP contribution in [0.25, 0.3) is 33.4 Å². The smallest absolute Gasteiger partial charge is 0.336 e. The molecule has 0 spiro atoms. The molecule has 242 valence electrons. The van der Waals surface area contributed by atoms with Crippen LogP contribution in [0.1, 0.15) is 34.3 Å². The molecule has 2 aliphatic rings. The second-order valence-corrected chi connectivity index (χ2v) is 13.0. The minimum absolute atomic E-state index is 0.0152. The van der Waals surface area contributed by atoms with Crippen molar-refractivity contribution in [2.24, 2.45) is 4.99 Å². The maximum atomic E-state index is 12.3. The van der Waals surface area contributed by atoms with Gasteiger partial charge in [-0.25, -0.2) is 26.5 Å². The molecule has 2 aromatic carbocycles. The van der Waals surface area contributed by atoms with Gasteiger partial charge in [-0.15, -0.1) is 4.33 Å². The summed E-state index contributed by atoms with van der Waals surface area (Å²) in [6, 6.07) is 9.77. The number of carbonyl (C=O) groups is 1. The third-order valence-corrected chi connectivity index (χ3v) is 8.48. The van der Waals surface area contributed by atoms with Crippen molar-refractivity contribution < 1.29 is 54.5 Å². The summed E-state index contributed by atoms with van der Waals surface area (Å²) in [5.74, 6) is -1.61. The van der Waals surface area contributed by atoms with Crippen molar-refractivity contribution in [1.82, 2.24) is 0 Å². The van der Waals surface area contributed by atoms with Gasteiger partial charge in [-0.05, 0) is 73.7 Å². The normalized spacial score (nSPS) is 12.7. The van der Waals surface area contributed by atoms with E-state index in [-0.39, 0.29) is 42.0 Å². The van der Waals surface area contributed by atoms with E-state index in [1.54, 1.807) is 38.1 Å². The first kappa shape index (κ1) is 34.3. The fraction of sp³-hybridized carbons (Fsp3) is 0.286. The lowest BCUT2D eigenvalue weighted by molar-refractivity contribution is -0.458. The Morgan fingerprint density at radius 1 is 1.02 bits per heavy atom. The molecule has 0 fully saturated rings. The highest BCUT2D eigenvalue weighted by molar-refractivity contribution is 7.86. The first-order chi connectivity index (χ1) is 21.2. The van der Waals surface area contributed by atoms with Crippen molar-refractivity contribution in [1.29, 1.82) is 0 Å². The molecule has 0 atom stereocenters. The second-order valence-electron chi connectivity index (χ2n) is 9.98. The standard InChI is InChI=1S/C28H30N2O12S3/c1-16-11-21-25(14-23(16)29-7-3-9-39-41-42-43)40-26-15-24(30-8-4-10-44(33,34)35)17(2)12-22(26)27(21)20-13-18(45(36,37)38)5-6-19(20)28(31)32/h5-6,11-15,30,43H,3-4,7-10H2,1-2H3,(H,31,32)(H,33,34,35)(H,36,37,38)/p-2. The third-order valence-electron chi connectivity index (χ3n) is 6.80. The van der Waals surface area contributed by atoms with E-state index in [1.807, 2.05) is 0 Å². The van der Waals surface area contributed by atoms with Gasteiger partial charge in [0.1, 0.15) is 21.5 Å². The lowest BCUT2D eigenvalue weighted by atomic mass is 9.89. The molecule has 0 saturated heterocycles. The number of aromatic carboxylic acids is 1. The summed E-state index contributed by atoms with van der Waals surface area (Å²) in [4.78, 5) is 21.0. The summed E-state index contributed by atoms with van der Waals surface area (Å²) in [6.07, 6.45) is 0.528. The van der Waals surface area contributed by atoms with Crippen molar-refractivity contribution in [3.8, 4) is 22.5 Å². The van der Waals surface area contributed by atoms with E-state index in [0.717, 1.165) is 18.2 Å². The molecule has 1 aliphatic carbocycles. The summed E-state index contributed by atoms with van der Waals surface area (Å²) in [5, 5.41) is 18.3. The molecule has 17 heteroatoms. The summed E-state index contributed by atoms with van der Waals surface area (Å²) in [6.45, 7) is 4.21. The molecule has 45 heavy (non-hydrogen) atoms. The van der Waals surface area contributed by atoms with Crippen molar-refractivity contribution in [3.05, 3.63) is 64.5 Å². The van der Waals surface area contributed by atoms with Gasteiger partial charge in [-0.2, -0.15) is 0 Å². The first-order valence-corrected chi connectivity index (χ1v) is 16.7. The summed E-state index contributed by atoms with van der Waals surface area (Å²) < 4.78 is 79.2. The van der Waals surface area contributed by atoms with Crippen LogP contribution in [0.15, 0.2) is 56.8 Å². The average molecular weight is 681 g/mol. The molecule has 0 bridgehead atoms. The molecular formula is C28H28N2O12S3-2. The summed E-state index contributed by atoms with van der Waals surface area (Å²) in [7, 11) is -9.32.